The third kappa shape index (κ3) is 2.95. The number of alkyl halides is 9. The van der Waals surface area contributed by atoms with Crippen molar-refractivity contribution in [2.75, 3.05) is 6.67 Å². The molecule has 112 valence electrons. The van der Waals surface area contributed by atoms with Gasteiger partial charge in [-0.2, -0.15) is 35.1 Å². The molecule has 19 heavy (non-hydrogen) atoms. The van der Waals surface area contributed by atoms with Crippen LogP contribution in [0.5, 0.6) is 0 Å². The van der Waals surface area contributed by atoms with E-state index in [1.807, 2.05) is 0 Å². The maximum Gasteiger partial charge on any atom is 0.382 e. The van der Waals surface area contributed by atoms with Crippen LogP contribution < -0.4 is 0 Å². The molecule has 1 N–H and O–H groups in total. The molecular formula is C8H5F9O2. The summed E-state index contributed by atoms with van der Waals surface area (Å²) in [6.45, 7) is -3.30. The number of allylic oxidation sites excluding steroid dienone is 1. The van der Waals surface area contributed by atoms with Crippen LogP contribution in [0.3, 0.4) is 0 Å². The highest BCUT2D eigenvalue weighted by Crippen LogP contribution is 2.53. The minimum absolute atomic E-state index is 0.627. The molecule has 11 heteroatoms. The lowest BCUT2D eigenvalue weighted by atomic mass is 9.99. The maximum absolute atomic E-state index is 12.7. The summed E-state index contributed by atoms with van der Waals surface area (Å²) in [6.07, 6.45) is -1.81. The van der Waals surface area contributed by atoms with Crippen molar-refractivity contribution < 1.29 is 49.4 Å². The standard InChI is InChI=1S/C8H5F9O2/c9-3-6(12,13)8(16,17)7(14,15)5(10,11)2-1-4(18)19/h1-2H,3H2,(H,18,19). The fourth-order valence-electron chi connectivity index (χ4n) is 0.804. The molecule has 0 aliphatic heterocycles. The minimum Gasteiger partial charge on any atom is -0.478 e. The van der Waals surface area contributed by atoms with Crippen LogP contribution in [0.2, 0.25) is 0 Å². The minimum atomic E-state index is -6.72. The van der Waals surface area contributed by atoms with Crippen molar-refractivity contribution in [3.63, 3.8) is 0 Å². The van der Waals surface area contributed by atoms with Gasteiger partial charge < -0.3 is 5.11 Å². The smallest absolute Gasteiger partial charge is 0.382 e. The molecule has 0 heterocycles. The SMILES string of the molecule is O=C(O)C=CC(F)(F)C(F)(F)C(F)(F)C(F)(F)CF. The molecule has 0 radical (unpaired) electrons. The predicted octanol–water partition coefficient (Wildman–Crippen LogP) is 3.14. The topological polar surface area (TPSA) is 37.3 Å². The first kappa shape index (κ1) is 17.6. The van der Waals surface area contributed by atoms with E-state index in [1.165, 1.54) is 0 Å². The fraction of sp³-hybridized carbons (Fsp3) is 0.625. The fourth-order valence-corrected chi connectivity index (χ4v) is 0.804. The second-order valence-electron chi connectivity index (χ2n) is 3.28. The Morgan fingerprint density at radius 3 is 1.68 bits per heavy atom. The van der Waals surface area contributed by atoms with E-state index in [0.717, 1.165) is 0 Å². The van der Waals surface area contributed by atoms with E-state index in [1.54, 1.807) is 0 Å². The largest absolute Gasteiger partial charge is 0.478 e. The Morgan fingerprint density at radius 2 is 1.37 bits per heavy atom. The summed E-state index contributed by atoms with van der Waals surface area (Å²) in [5.74, 6) is -27.6. The first-order valence-electron chi connectivity index (χ1n) is 4.22. The predicted molar refractivity (Wildman–Crippen MR) is 42.5 cm³/mol. The second-order valence-corrected chi connectivity index (χ2v) is 3.28. The van der Waals surface area contributed by atoms with Crippen LogP contribution >= 0.6 is 0 Å². The van der Waals surface area contributed by atoms with Crippen molar-refractivity contribution in [1.29, 1.82) is 0 Å². The third-order valence-corrected chi connectivity index (χ3v) is 1.88. The van der Waals surface area contributed by atoms with Gasteiger partial charge in [-0.3, -0.25) is 0 Å². The van der Waals surface area contributed by atoms with Gasteiger partial charge in [-0.15, -0.1) is 0 Å². The lowest BCUT2D eigenvalue weighted by Gasteiger charge is -2.34. The van der Waals surface area contributed by atoms with E-state index in [4.69, 9.17) is 5.11 Å². The van der Waals surface area contributed by atoms with Crippen LogP contribution in [0.4, 0.5) is 39.5 Å². The van der Waals surface area contributed by atoms with Crippen molar-refractivity contribution >= 4 is 5.97 Å². The van der Waals surface area contributed by atoms with Gasteiger partial charge in [0, 0.05) is 6.08 Å². The third-order valence-electron chi connectivity index (χ3n) is 1.88. The number of rotatable bonds is 6. The van der Waals surface area contributed by atoms with E-state index in [-0.39, 0.29) is 0 Å². The molecule has 0 unspecified atom stereocenters. The summed E-state index contributed by atoms with van der Waals surface area (Å²) in [5.41, 5.74) is 0. The number of carbonyl (C=O) groups is 1. The quantitative estimate of drug-likeness (QED) is 0.604. The Balaban J connectivity index is 5.65. The Bertz CT molecular complexity index is 374. The van der Waals surface area contributed by atoms with Gasteiger partial charge in [0.15, 0.2) is 6.67 Å². The van der Waals surface area contributed by atoms with Crippen molar-refractivity contribution in [2.24, 2.45) is 0 Å². The van der Waals surface area contributed by atoms with Crippen LogP contribution in [-0.2, 0) is 4.79 Å². The van der Waals surface area contributed by atoms with Gasteiger partial charge in [-0.25, -0.2) is 9.18 Å². The summed E-state index contributed by atoms with van der Waals surface area (Å²) in [7, 11) is 0. The van der Waals surface area contributed by atoms with Crippen LogP contribution in [0.25, 0.3) is 0 Å². The summed E-state index contributed by atoms with van der Waals surface area (Å²) >= 11 is 0. The van der Waals surface area contributed by atoms with Crippen molar-refractivity contribution in [2.45, 2.75) is 23.7 Å². The molecule has 0 aliphatic carbocycles. The van der Waals surface area contributed by atoms with Gasteiger partial charge in [-0.05, 0) is 6.08 Å². The lowest BCUT2D eigenvalue weighted by Crippen LogP contribution is -2.62. The van der Waals surface area contributed by atoms with Gasteiger partial charge in [0.05, 0.1) is 0 Å². The molecule has 2 nitrogen and oxygen atoms in total. The molecule has 0 aromatic carbocycles. The molecule has 0 amide bonds. The number of carboxylic acids is 1. The monoisotopic (exact) mass is 304 g/mol. The number of aliphatic carboxylic acids is 1. The van der Waals surface area contributed by atoms with E-state index in [0.29, 0.717) is 0 Å². The van der Waals surface area contributed by atoms with Crippen LogP contribution in [0.1, 0.15) is 0 Å². The molecule has 0 bridgehead atoms. The summed E-state index contributed by atoms with van der Waals surface area (Å²) in [5, 5.41) is 7.89. The van der Waals surface area contributed by atoms with Gasteiger partial charge in [0.2, 0.25) is 0 Å². The first-order chi connectivity index (χ1) is 8.23. The molecule has 0 saturated carbocycles. The van der Waals surface area contributed by atoms with E-state index in [9.17, 15) is 44.3 Å². The number of halogens is 9. The second kappa shape index (κ2) is 4.93. The van der Waals surface area contributed by atoms with E-state index < -0.39 is 48.5 Å². The van der Waals surface area contributed by atoms with E-state index >= 15 is 0 Å². The summed E-state index contributed by atoms with van der Waals surface area (Å²) < 4.78 is 112. The summed E-state index contributed by atoms with van der Waals surface area (Å²) in [4.78, 5) is 9.82. The number of hydrogen-bond donors (Lipinski definition) is 1. The van der Waals surface area contributed by atoms with Crippen molar-refractivity contribution in [3.8, 4) is 0 Å². The molecule has 0 spiro atoms. The Labute approximate surface area is 99.0 Å². The highest BCUT2D eigenvalue weighted by atomic mass is 19.4. The molecule has 0 saturated heterocycles. The van der Waals surface area contributed by atoms with Crippen molar-refractivity contribution in [3.05, 3.63) is 12.2 Å². The molecule has 0 atom stereocenters. The Hall–Kier alpha value is -1.42. The molecule has 0 aliphatic rings. The molecule has 0 aromatic heterocycles. The van der Waals surface area contributed by atoms with Gasteiger partial charge in [0.25, 0.3) is 0 Å². The van der Waals surface area contributed by atoms with Gasteiger partial charge in [0.1, 0.15) is 0 Å². The molecular weight excluding hydrogens is 299 g/mol. The van der Waals surface area contributed by atoms with E-state index in [2.05, 4.69) is 0 Å². The van der Waals surface area contributed by atoms with Gasteiger partial charge >= 0.3 is 29.7 Å². The number of hydrogen-bond acceptors (Lipinski definition) is 1. The zero-order chi connectivity index (χ0) is 15.7. The Kier molecular flexibility index (Phi) is 4.56. The molecule has 0 rings (SSSR count). The molecule has 0 fully saturated rings. The maximum atomic E-state index is 12.7. The first-order valence-corrected chi connectivity index (χ1v) is 4.22. The summed E-state index contributed by atoms with van der Waals surface area (Å²) in [6, 6.07) is 0. The lowest BCUT2D eigenvalue weighted by molar-refractivity contribution is -0.357. The van der Waals surface area contributed by atoms with Crippen LogP contribution in [0.15, 0.2) is 12.2 Å². The zero-order valence-corrected chi connectivity index (χ0v) is 8.62. The highest BCUT2D eigenvalue weighted by Gasteiger charge is 2.79. The van der Waals surface area contributed by atoms with Gasteiger partial charge in [-0.1, -0.05) is 0 Å². The number of carboxylic acid groups (broad SMARTS) is 1. The average Bonchev–Trinajstić information content (AvgIpc) is 2.25. The van der Waals surface area contributed by atoms with Crippen LogP contribution in [-0.4, -0.2) is 41.4 Å². The normalized spacial score (nSPS) is 15.0. The van der Waals surface area contributed by atoms with Crippen LogP contribution in [0, 0.1) is 0 Å². The highest BCUT2D eigenvalue weighted by molar-refractivity contribution is 5.79. The average molecular weight is 304 g/mol. The Morgan fingerprint density at radius 1 is 0.947 bits per heavy atom. The zero-order valence-electron chi connectivity index (χ0n) is 8.62. The van der Waals surface area contributed by atoms with Crippen molar-refractivity contribution in [1.82, 2.24) is 0 Å². The molecule has 0 aromatic rings.